The van der Waals surface area contributed by atoms with E-state index >= 15 is 0 Å². The highest BCUT2D eigenvalue weighted by molar-refractivity contribution is 8.16. The lowest BCUT2D eigenvalue weighted by molar-refractivity contribution is 0.324. The maximum Gasteiger partial charge on any atom is 0.203 e. The number of methoxy groups -OCH3 is 6. The monoisotopic (exact) mass is 866 g/mol. The van der Waals surface area contributed by atoms with E-state index in [1.54, 1.807) is 42.7 Å². The minimum Gasteiger partial charge on any atom is -0.493 e. The molecule has 0 aliphatic heterocycles. The molecule has 12 heteroatoms. The smallest absolute Gasteiger partial charge is 0.203 e. The summed E-state index contributed by atoms with van der Waals surface area (Å²) >= 11 is 16.4. The number of ether oxygens (including phenoxy) is 6. The van der Waals surface area contributed by atoms with Gasteiger partial charge < -0.3 is 28.4 Å². The Bertz CT molecular complexity index is 1770. The molecule has 0 saturated heterocycles. The molecule has 5 aromatic rings. The van der Waals surface area contributed by atoms with Gasteiger partial charge in [0, 0.05) is 34.5 Å². The number of thioether (sulfide) groups is 4. The fraction of sp³-hybridized carbons (Fsp3) is 0.318. The third kappa shape index (κ3) is 12.0. The van der Waals surface area contributed by atoms with Gasteiger partial charge in [-0.15, -0.1) is 47.0 Å². The van der Waals surface area contributed by atoms with Gasteiger partial charge in [0.1, 0.15) is 0 Å². The molecular weight excluding hydrogens is 817 g/mol. The van der Waals surface area contributed by atoms with Crippen LogP contribution in [0.4, 0.5) is 0 Å². The van der Waals surface area contributed by atoms with Crippen molar-refractivity contribution < 1.29 is 28.4 Å². The molecule has 0 heterocycles. The average Bonchev–Trinajstić information content (AvgIpc) is 3.26. The van der Waals surface area contributed by atoms with Gasteiger partial charge in [-0.05, 0) is 68.8 Å². The molecule has 0 saturated carbocycles. The van der Waals surface area contributed by atoms with Crippen molar-refractivity contribution in [1.82, 2.24) is 0 Å². The predicted octanol–water partition coefficient (Wildman–Crippen LogP) is 12.3. The predicted molar refractivity (Wildman–Crippen MR) is 248 cm³/mol. The third-order valence-electron chi connectivity index (χ3n) is 8.96. The summed E-state index contributed by atoms with van der Waals surface area (Å²) in [7, 11) is 9.91. The summed E-state index contributed by atoms with van der Waals surface area (Å²) in [6.07, 6.45) is 0. The highest BCUT2D eigenvalue weighted by atomic mass is 32.2. The van der Waals surface area contributed by atoms with Crippen LogP contribution in [0.5, 0.6) is 34.5 Å². The van der Waals surface area contributed by atoms with Gasteiger partial charge in [0.05, 0.1) is 51.8 Å². The van der Waals surface area contributed by atoms with E-state index in [1.165, 1.54) is 33.4 Å². The second kappa shape index (κ2) is 22.8. The molecule has 0 radical (unpaired) electrons. The molecule has 0 aliphatic carbocycles. The van der Waals surface area contributed by atoms with Gasteiger partial charge in [0.2, 0.25) is 11.5 Å². The molecule has 6 nitrogen and oxygen atoms in total. The van der Waals surface area contributed by atoms with Crippen LogP contribution in [0.25, 0.3) is 0 Å². The second-order valence-corrected chi connectivity index (χ2v) is 18.2. The van der Waals surface area contributed by atoms with Crippen molar-refractivity contribution in [3.05, 3.63) is 142 Å². The van der Waals surface area contributed by atoms with Crippen LogP contribution in [-0.4, -0.2) is 42.7 Å². The van der Waals surface area contributed by atoms with Crippen molar-refractivity contribution in [3.8, 4) is 34.5 Å². The molecule has 5 aromatic carbocycles. The number of hydrogen-bond acceptors (Lipinski definition) is 12. The van der Waals surface area contributed by atoms with E-state index in [9.17, 15) is 0 Å². The van der Waals surface area contributed by atoms with Crippen LogP contribution in [0.3, 0.4) is 0 Å². The average molecular weight is 867 g/mol. The van der Waals surface area contributed by atoms with Gasteiger partial charge in [0.15, 0.2) is 23.0 Å². The van der Waals surface area contributed by atoms with Gasteiger partial charge in [-0.25, -0.2) is 0 Å². The number of hydrogen-bond donors (Lipinski definition) is 2. The van der Waals surface area contributed by atoms with E-state index in [0.29, 0.717) is 34.5 Å². The summed E-state index contributed by atoms with van der Waals surface area (Å²) < 4.78 is 34.4. The molecule has 0 aromatic heterocycles. The normalized spacial score (nSPS) is 12.1. The van der Waals surface area contributed by atoms with Gasteiger partial charge in [0.25, 0.3) is 0 Å². The lowest BCUT2D eigenvalue weighted by atomic mass is 10.2. The quantitative estimate of drug-likeness (QED) is 0.0520. The molecule has 2 atom stereocenters. The van der Waals surface area contributed by atoms with E-state index in [4.69, 9.17) is 28.4 Å². The van der Waals surface area contributed by atoms with Crippen LogP contribution in [-0.2, 0) is 34.5 Å². The Morgan fingerprint density at radius 1 is 0.375 bits per heavy atom. The van der Waals surface area contributed by atoms with Crippen molar-refractivity contribution in [2.45, 2.75) is 43.7 Å². The minimum absolute atomic E-state index is 0.119. The Hall–Kier alpha value is -3.00. The maximum atomic E-state index is 5.73. The minimum atomic E-state index is 0.119. The Labute approximate surface area is 360 Å². The van der Waals surface area contributed by atoms with Crippen LogP contribution in [0.2, 0.25) is 0 Å². The first kappa shape index (κ1) is 44.1. The molecule has 5 rings (SSSR count). The van der Waals surface area contributed by atoms with Gasteiger partial charge in [-0.2, -0.15) is 25.3 Å². The topological polar surface area (TPSA) is 55.4 Å². The van der Waals surface area contributed by atoms with E-state index < -0.39 is 0 Å². The standard InChI is InChI=1S/C44H50O6S6/c1-45-37-19-35(20-38(46-2)41(37)49-5)43(53-25-31-11-7-29(23-51)8-12-31)55-27-33-15-17-34(18-16-33)28-56-44(54-26-32-13-9-30(24-52)10-14-32)36-21-39(47-3)42(50-6)40(22-36)48-4/h7-22,43-44,51-52H,23-28H2,1-6H3. The van der Waals surface area contributed by atoms with Crippen LogP contribution in [0, 0.1) is 0 Å². The van der Waals surface area contributed by atoms with Crippen LogP contribution < -0.4 is 28.4 Å². The zero-order chi connectivity index (χ0) is 39.9. The molecule has 0 fully saturated rings. The molecule has 0 bridgehead atoms. The summed E-state index contributed by atoms with van der Waals surface area (Å²) in [5.74, 6) is 8.68. The van der Waals surface area contributed by atoms with Crippen molar-refractivity contribution in [2.24, 2.45) is 0 Å². The summed E-state index contributed by atoms with van der Waals surface area (Å²) in [5.41, 5.74) is 9.73. The summed E-state index contributed by atoms with van der Waals surface area (Å²) in [5, 5.41) is 0. The summed E-state index contributed by atoms with van der Waals surface area (Å²) in [4.78, 5) is 0. The highest BCUT2D eigenvalue weighted by Crippen LogP contribution is 2.50. The highest BCUT2D eigenvalue weighted by Gasteiger charge is 2.22. The first-order chi connectivity index (χ1) is 27.4. The summed E-state index contributed by atoms with van der Waals surface area (Å²) in [6, 6.07) is 34.6. The van der Waals surface area contributed by atoms with Crippen molar-refractivity contribution in [1.29, 1.82) is 0 Å². The van der Waals surface area contributed by atoms with Crippen molar-refractivity contribution in [2.75, 3.05) is 42.7 Å². The Kier molecular flexibility index (Phi) is 18.0. The van der Waals surface area contributed by atoms with Crippen LogP contribution >= 0.6 is 72.3 Å². The Morgan fingerprint density at radius 2 is 0.607 bits per heavy atom. The zero-order valence-corrected chi connectivity index (χ0v) is 37.7. The Morgan fingerprint density at radius 3 is 0.804 bits per heavy atom. The third-order valence-corrected chi connectivity index (χ3v) is 15.6. The van der Waals surface area contributed by atoms with Gasteiger partial charge >= 0.3 is 0 Å². The second-order valence-electron chi connectivity index (χ2n) is 12.6. The van der Waals surface area contributed by atoms with E-state index in [1.807, 2.05) is 47.0 Å². The van der Waals surface area contributed by atoms with Crippen LogP contribution in [0.15, 0.2) is 97.1 Å². The van der Waals surface area contributed by atoms with Crippen molar-refractivity contribution >= 4 is 72.3 Å². The largest absolute Gasteiger partial charge is 0.493 e. The fourth-order valence-corrected chi connectivity index (χ4v) is 11.3. The maximum absolute atomic E-state index is 5.73. The molecule has 56 heavy (non-hydrogen) atoms. The SMILES string of the molecule is COc1cc(C(SCc2ccc(CS)cc2)SCc2ccc(CSC(SCc3ccc(CS)cc3)c3cc(OC)c(OC)c(OC)c3)cc2)cc(OC)c1OC. The molecule has 0 aliphatic rings. The number of rotatable bonds is 22. The summed E-state index contributed by atoms with van der Waals surface area (Å²) in [6.45, 7) is 0. The van der Waals surface area contributed by atoms with Crippen LogP contribution in [0.1, 0.15) is 53.7 Å². The molecular formula is C44H50O6S6. The number of benzene rings is 5. The first-order valence-corrected chi connectivity index (χ1v) is 23.3. The molecule has 2 unspecified atom stereocenters. The van der Waals surface area contributed by atoms with E-state index in [-0.39, 0.29) is 9.16 Å². The fourth-order valence-electron chi connectivity index (χ4n) is 5.86. The lowest BCUT2D eigenvalue weighted by Crippen LogP contribution is -2.00. The Balaban J connectivity index is 1.31. The molecule has 0 spiro atoms. The zero-order valence-electron chi connectivity index (χ0n) is 32.6. The van der Waals surface area contributed by atoms with Crippen molar-refractivity contribution in [3.63, 3.8) is 0 Å². The molecule has 0 amide bonds. The van der Waals surface area contributed by atoms with Gasteiger partial charge in [-0.3, -0.25) is 0 Å². The van der Waals surface area contributed by atoms with Gasteiger partial charge in [-0.1, -0.05) is 72.8 Å². The molecule has 0 N–H and O–H groups in total. The molecule has 298 valence electrons. The lowest BCUT2D eigenvalue weighted by Gasteiger charge is -2.21. The first-order valence-electron chi connectivity index (χ1n) is 17.9. The van der Waals surface area contributed by atoms with E-state index in [2.05, 4.69) is 122 Å². The number of thiol groups is 2. The van der Waals surface area contributed by atoms with E-state index in [0.717, 1.165) is 45.6 Å².